The summed E-state index contributed by atoms with van der Waals surface area (Å²) in [5.74, 6) is -0.325. The highest BCUT2D eigenvalue weighted by Crippen LogP contribution is 2.23. The van der Waals surface area contributed by atoms with Crippen molar-refractivity contribution in [3.63, 3.8) is 0 Å². The molecule has 3 aromatic carbocycles. The van der Waals surface area contributed by atoms with E-state index in [0.717, 1.165) is 16.3 Å². The molecule has 0 spiro atoms. The third-order valence-corrected chi connectivity index (χ3v) is 5.30. The van der Waals surface area contributed by atoms with Gasteiger partial charge in [-0.05, 0) is 46.7 Å². The second-order valence-corrected chi connectivity index (χ2v) is 7.59. The van der Waals surface area contributed by atoms with Gasteiger partial charge >= 0.3 is 6.61 Å². The number of aromatic amines is 1. The van der Waals surface area contributed by atoms with Crippen LogP contribution in [0, 0.1) is 0 Å². The van der Waals surface area contributed by atoms with Crippen LogP contribution in [-0.2, 0) is 6.54 Å². The minimum atomic E-state index is -2.89. The van der Waals surface area contributed by atoms with E-state index in [9.17, 15) is 13.6 Å². The number of amides is 1. The smallest absolute Gasteiger partial charge is 0.387 e. The number of benzene rings is 3. The molecule has 0 aliphatic carbocycles. The molecule has 0 fully saturated rings. The molecular formula is C25H19F2N5O2. The van der Waals surface area contributed by atoms with Crippen molar-refractivity contribution in [1.29, 1.82) is 0 Å². The number of alkyl halides is 2. The molecule has 0 radical (unpaired) electrons. The Hall–Kier alpha value is -4.53. The van der Waals surface area contributed by atoms with E-state index in [0.29, 0.717) is 23.5 Å². The van der Waals surface area contributed by atoms with Gasteiger partial charge in [-0.3, -0.25) is 14.6 Å². The number of ether oxygens (including phenoxy) is 1. The Balaban J connectivity index is 1.25. The predicted molar refractivity (Wildman–Crippen MR) is 124 cm³/mol. The minimum absolute atomic E-state index is 0.0489. The van der Waals surface area contributed by atoms with Crippen LogP contribution in [0.5, 0.6) is 5.75 Å². The molecule has 1 amide bonds. The molecule has 2 heterocycles. The number of aromatic nitrogens is 4. The molecule has 5 aromatic rings. The lowest BCUT2D eigenvalue weighted by Crippen LogP contribution is -2.11. The van der Waals surface area contributed by atoms with Gasteiger partial charge in [0.05, 0.1) is 24.1 Å². The molecule has 170 valence electrons. The van der Waals surface area contributed by atoms with E-state index >= 15 is 0 Å². The molecule has 2 aromatic heterocycles. The minimum Gasteiger partial charge on any atom is -0.435 e. The van der Waals surface area contributed by atoms with Crippen LogP contribution in [-0.4, -0.2) is 32.5 Å². The van der Waals surface area contributed by atoms with Gasteiger partial charge in [0.1, 0.15) is 11.4 Å². The lowest BCUT2D eigenvalue weighted by molar-refractivity contribution is -0.0498. The number of fused-ring (bicyclic) bond motifs is 1. The molecule has 7 nitrogen and oxygen atoms in total. The monoisotopic (exact) mass is 459 g/mol. The molecular weight excluding hydrogens is 440 g/mol. The maximum atomic E-state index is 12.7. The Morgan fingerprint density at radius 2 is 1.85 bits per heavy atom. The maximum absolute atomic E-state index is 12.7. The Labute approximate surface area is 193 Å². The standard InChI is InChI=1S/C25H19F2N5O2/c26-25(27)34-20-10-8-17(9-11-20)22-12-23(31-30-22)24(33)29-19-13-28-32(15-19)14-18-6-3-5-16-4-1-2-7-21(16)18/h1-13,15,25H,14H2,(H,29,33)(H,30,31). The summed E-state index contributed by atoms with van der Waals surface area (Å²) in [5, 5.41) is 16.3. The van der Waals surface area contributed by atoms with Crippen molar-refractivity contribution >= 4 is 22.4 Å². The third kappa shape index (κ3) is 4.63. The summed E-state index contributed by atoms with van der Waals surface area (Å²) in [6.07, 6.45) is 3.35. The third-order valence-electron chi connectivity index (χ3n) is 5.30. The van der Waals surface area contributed by atoms with Crippen LogP contribution in [0.3, 0.4) is 0 Å². The molecule has 0 aliphatic rings. The van der Waals surface area contributed by atoms with E-state index < -0.39 is 6.61 Å². The maximum Gasteiger partial charge on any atom is 0.387 e. The molecule has 0 unspecified atom stereocenters. The van der Waals surface area contributed by atoms with Gasteiger partial charge in [-0.15, -0.1) is 0 Å². The number of H-pyrrole nitrogens is 1. The van der Waals surface area contributed by atoms with E-state index in [1.54, 1.807) is 35.3 Å². The lowest BCUT2D eigenvalue weighted by Gasteiger charge is -2.06. The lowest BCUT2D eigenvalue weighted by atomic mass is 10.0. The first kappa shape index (κ1) is 21.3. The van der Waals surface area contributed by atoms with Crippen LogP contribution in [0.2, 0.25) is 0 Å². The van der Waals surface area contributed by atoms with E-state index in [2.05, 4.69) is 49.6 Å². The number of halogens is 2. The van der Waals surface area contributed by atoms with Gasteiger partial charge in [0, 0.05) is 11.8 Å². The molecule has 0 saturated carbocycles. The summed E-state index contributed by atoms with van der Waals surface area (Å²) in [6.45, 7) is -2.32. The number of nitrogens with zero attached hydrogens (tertiary/aromatic N) is 3. The van der Waals surface area contributed by atoms with E-state index in [1.165, 1.54) is 12.1 Å². The van der Waals surface area contributed by atoms with E-state index in [4.69, 9.17) is 0 Å². The molecule has 34 heavy (non-hydrogen) atoms. The highest BCUT2D eigenvalue weighted by Gasteiger charge is 2.13. The number of rotatable bonds is 7. The zero-order chi connectivity index (χ0) is 23.5. The largest absolute Gasteiger partial charge is 0.435 e. The van der Waals surface area contributed by atoms with Crippen molar-refractivity contribution in [2.24, 2.45) is 0 Å². The fourth-order valence-electron chi connectivity index (χ4n) is 3.71. The average Bonchev–Trinajstić information content (AvgIpc) is 3.50. The van der Waals surface area contributed by atoms with Crippen LogP contribution < -0.4 is 10.1 Å². The highest BCUT2D eigenvalue weighted by molar-refractivity contribution is 6.03. The topological polar surface area (TPSA) is 84.8 Å². The van der Waals surface area contributed by atoms with Gasteiger partial charge in [0.2, 0.25) is 0 Å². The predicted octanol–water partition coefficient (Wildman–Crippen LogP) is 5.33. The summed E-state index contributed by atoms with van der Waals surface area (Å²) in [7, 11) is 0. The second kappa shape index (κ2) is 9.14. The van der Waals surface area contributed by atoms with E-state index in [-0.39, 0.29) is 17.4 Å². The first-order valence-corrected chi connectivity index (χ1v) is 10.5. The van der Waals surface area contributed by atoms with Crippen LogP contribution in [0.15, 0.2) is 85.2 Å². The summed E-state index contributed by atoms with van der Waals surface area (Å²) < 4.78 is 30.7. The Morgan fingerprint density at radius 1 is 1.06 bits per heavy atom. The number of anilines is 1. The Morgan fingerprint density at radius 3 is 2.68 bits per heavy atom. The van der Waals surface area contributed by atoms with Crippen LogP contribution in [0.1, 0.15) is 16.1 Å². The number of nitrogens with one attached hydrogen (secondary N) is 2. The van der Waals surface area contributed by atoms with Gasteiger partial charge < -0.3 is 10.1 Å². The second-order valence-electron chi connectivity index (χ2n) is 7.59. The first-order chi connectivity index (χ1) is 16.5. The number of carbonyl (C=O) groups excluding carboxylic acids is 1. The van der Waals surface area contributed by atoms with Crippen molar-refractivity contribution in [3.8, 4) is 17.0 Å². The van der Waals surface area contributed by atoms with Crippen molar-refractivity contribution in [3.05, 3.63) is 96.4 Å². The van der Waals surface area contributed by atoms with E-state index in [1.807, 2.05) is 18.2 Å². The summed E-state index contributed by atoms with van der Waals surface area (Å²) >= 11 is 0. The molecule has 2 N–H and O–H groups in total. The van der Waals surface area contributed by atoms with Crippen LogP contribution in [0.4, 0.5) is 14.5 Å². The molecule has 0 saturated heterocycles. The van der Waals surface area contributed by atoms with Gasteiger partial charge in [-0.2, -0.15) is 19.0 Å². The fraction of sp³-hybridized carbons (Fsp3) is 0.0800. The average molecular weight is 459 g/mol. The van der Waals surface area contributed by atoms with Gasteiger partial charge in [0.25, 0.3) is 5.91 Å². The van der Waals surface area contributed by atoms with Crippen molar-refractivity contribution in [1.82, 2.24) is 20.0 Å². The molecule has 0 aliphatic heterocycles. The van der Waals surface area contributed by atoms with Crippen molar-refractivity contribution in [2.45, 2.75) is 13.2 Å². The normalized spacial score (nSPS) is 11.1. The number of hydrogen-bond acceptors (Lipinski definition) is 4. The van der Waals surface area contributed by atoms with Gasteiger partial charge in [-0.25, -0.2) is 0 Å². The zero-order valence-corrected chi connectivity index (χ0v) is 17.8. The zero-order valence-electron chi connectivity index (χ0n) is 17.8. The van der Waals surface area contributed by atoms with Gasteiger partial charge in [-0.1, -0.05) is 42.5 Å². The number of hydrogen-bond donors (Lipinski definition) is 2. The molecule has 0 bridgehead atoms. The van der Waals surface area contributed by atoms with Crippen LogP contribution in [0.25, 0.3) is 22.0 Å². The van der Waals surface area contributed by atoms with Gasteiger partial charge in [0.15, 0.2) is 0 Å². The van der Waals surface area contributed by atoms with Crippen molar-refractivity contribution < 1.29 is 18.3 Å². The highest BCUT2D eigenvalue weighted by atomic mass is 19.3. The molecule has 5 rings (SSSR count). The summed E-state index contributed by atoms with van der Waals surface area (Å²) in [5.41, 5.74) is 3.09. The Bertz CT molecular complexity index is 1440. The fourth-order valence-corrected chi connectivity index (χ4v) is 3.71. The number of carbonyl (C=O) groups is 1. The van der Waals surface area contributed by atoms with Crippen molar-refractivity contribution in [2.75, 3.05) is 5.32 Å². The summed E-state index contributed by atoms with van der Waals surface area (Å²) in [6, 6.07) is 21.9. The first-order valence-electron chi connectivity index (χ1n) is 10.5. The van der Waals surface area contributed by atoms with Crippen LogP contribution >= 0.6 is 0 Å². The molecule has 0 atom stereocenters. The quantitative estimate of drug-likeness (QED) is 0.345. The Kier molecular flexibility index (Phi) is 5.73. The summed E-state index contributed by atoms with van der Waals surface area (Å²) in [4.78, 5) is 12.7. The molecule has 9 heteroatoms. The SMILES string of the molecule is O=C(Nc1cnn(Cc2cccc3ccccc23)c1)c1cc(-c2ccc(OC(F)F)cc2)n[nH]1.